The number of rotatable bonds is 4. The van der Waals surface area contributed by atoms with E-state index in [2.05, 4.69) is 13.8 Å². The van der Waals surface area contributed by atoms with E-state index in [-0.39, 0.29) is 18.1 Å². The summed E-state index contributed by atoms with van der Waals surface area (Å²) in [4.78, 5) is 30.5. The van der Waals surface area contributed by atoms with Crippen molar-refractivity contribution in [2.45, 2.75) is 25.8 Å². The first-order chi connectivity index (χ1) is 18.3. The zero-order chi connectivity index (χ0) is 26.6. The smallest absolute Gasteiger partial charge is 0.300 e. The summed E-state index contributed by atoms with van der Waals surface area (Å²) >= 11 is 0. The number of hydrogen-bond donors (Lipinski definition) is 1. The summed E-state index contributed by atoms with van der Waals surface area (Å²) in [5, 5.41) is 11.6. The predicted octanol–water partition coefficient (Wildman–Crippen LogP) is 4.99. The zero-order valence-electron chi connectivity index (χ0n) is 21.4. The normalized spacial score (nSPS) is 19.6. The molecule has 3 heterocycles. The Balaban J connectivity index is 1.51. The van der Waals surface area contributed by atoms with Crippen molar-refractivity contribution in [2.24, 2.45) is 0 Å². The van der Waals surface area contributed by atoms with E-state index in [9.17, 15) is 14.7 Å². The second-order valence-corrected chi connectivity index (χ2v) is 9.98. The number of ether oxygens (including phenoxy) is 3. The van der Waals surface area contributed by atoms with E-state index in [0.717, 1.165) is 11.3 Å². The Morgan fingerprint density at radius 1 is 0.921 bits per heavy atom. The molecule has 8 nitrogen and oxygen atoms in total. The van der Waals surface area contributed by atoms with Crippen LogP contribution in [0.15, 0.2) is 66.2 Å². The fourth-order valence-electron chi connectivity index (χ4n) is 5.17. The molecule has 1 fully saturated rings. The van der Waals surface area contributed by atoms with Gasteiger partial charge in [0.1, 0.15) is 18.1 Å². The number of anilines is 2. The fraction of sp³-hybridized carbons (Fsp3) is 0.267. The van der Waals surface area contributed by atoms with Crippen molar-refractivity contribution < 1.29 is 28.9 Å². The lowest BCUT2D eigenvalue weighted by atomic mass is 9.93. The maximum absolute atomic E-state index is 13.5. The van der Waals surface area contributed by atoms with E-state index in [1.165, 1.54) is 4.90 Å². The summed E-state index contributed by atoms with van der Waals surface area (Å²) in [6.45, 7) is 5.57. The zero-order valence-corrected chi connectivity index (χ0v) is 21.4. The molecule has 3 aliphatic rings. The highest BCUT2D eigenvalue weighted by molar-refractivity contribution is 6.51. The van der Waals surface area contributed by atoms with Crippen LogP contribution in [-0.4, -0.2) is 43.8 Å². The van der Waals surface area contributed by atoms with Crippen molar-refractivity contribution in [2.75, 3.05) is 36.8 Å². The van der Waals surface area contributed by atoms with Gasteiger partial charge in [0.05, 0.1) is 23.8 Å². The largest absolute Gasteiger partial charge is 0.507 e. The Kier molecular flexibility index (Phi) is 5.75. The number of fused-ring (bicyclic) bond motifs is 2. The van der Waals surface area contributed by atoms with Gasteiger partial charge < -0.3 is 24.2 Å². The Morgan fingerprint density at radius 3 is 2.42 bits per heavy atom. The Hall–Kier alpha value is -4.46. The van der Waals surface area contributed by atoms with E-state index in [1.807, 2.05) is 36.2 Å². The van der Waals surface area contributed by atoms with Crippen molar-refractivity contribution in [3.05, 3.63) is 82.9 Å². The maximum atomic E-state index is 13.5. The molecule has 0 aromatic heterocycles. The monoisotopic (exact) mass is 512 g/mol. The number of ketones is 1. The van der Waals surface area contributed by atoms with Gasteiger partial charge in [-0.15, -0.1) is 0 Å². The maximum Gasteiger partial charge on any atom is 0.300 e. The van der Waals surface area contributed by atoms with Gasteiger partial charge in [-0.25, -0.2) is 0 Å². The lowest BCUT2D eigenvalue weighted by Gasteiger charge is -2.28. The number of aliphatic hydroxyl groups excluding tert-OH is 1. The third-order valence-electron chi connectivity index (χ3n) is 7.33. The lowest BCUT2D eigenvalue weighted by molar-refractivity contribution is -0.132. The molecule has 1 N–H and O–H groups in total. The van der Waals surface area contributed by atoms with E-state index >= 15 is 0 Å². The second kappa shape index (κ2) is 9.13. The summed E-state index contributed by atoms with van der Waals surface area (Å²) in [5.74, 6) is 0.393. The number of likely N-dealkylation sites (N-methyl/N-ethyl adjacent to an activating group) is 1. The van der Waals surface area contributed by atoms with Crippen LogP contribution in [-0.2, 0) is 9.59 Å². The molecule has 38 heavy (non-hydrogen) atoms. The molecular weight excluding hydrogens is 484 g/mol. The Morgan fingerprint density at radius 2 is 1.66 bits per heavy atom. The van der Waals surface area contributed by atoms with Gasteiger partial charge in [0.25, 0.3) is 11.7 Å². The van der Waals surface area contributed by atoms with Crippen molar-refractivity contribution in [1.82, 2.24) is 0 Å². The molecule has 3 aliphatic heterocycles. The molecule has 0 spiro atoms. The SMILES string of the molecule is CC(C)c1ccc(C2/C(=C(/O)c3ccc4c(c3)N(C)CCO4)C(=O)C(=O)N2c2ccc3c(c2)OCO3)cc1. The number of carbonyl (C=O) groups is 2. The molecule has 6 rings (SSSR count). The topological polar surface area (TPSA) is 88.5 Å². The number of Topliss-reactive ketones (excluding diaryl/α,β-unsaturated/α-hetero) is 1. The third kappa shape index (κ3) is 3.84. The molecule has 0 aliphatic carbocycles. The van der Waals surface area contributed by atoms with Gasteiger partial charge in [0, 0.05) is 24.4 Å². The summed E-state index contributed by atoms with van der Waals surface area (Å²) in [7, 11) is 1.94. The minimum atomic E-state index is -0.832. The molecule has 1 saturated heterocycles. The second-order valence-electron chi connectivity index (χ2n) is 9.98. The summed E-state index contributed by atoms with van der Waals surface area (Å²) < 4.78 is 16.7. The van der Waals surface area contributed by atoms with Crippen LogP contribution in [0, 0.1) is 0 Å². The van der Waals surface area contributed by atoms with Crippen LogP contribution < -0.4 is 24.0 Å². The van der Waals surface area contributed by atoms with Gasteiger partial charge in [-0.1, -0.05) is 38.1 Å². The van der Waals surface area contributed by atoms with E-state index < -0.39 is 17.7 Å². The number of amides is 1. The van der Waals surface area contributed by atoms with Crippen LogP contribution in [0.25, 0.3) is 5.76 Å². The Bertz CT molecular complexity index is 1480. The van der Waals surface area contributed by atoms with Gasteiger partial charge >= 0.3 is 0 Å². The first kappa shape index (κ1) is 23.9. The average molecular weight is 513 g/mol. The molecule has 0 radical (unpaired) electrons. The van der Waals surface area contributed by atoms with Gasteiger partial charge in [0.2, 0.25) is 6.79 Å². The van der Waals surface area contributed by atoms with Crippen LogP contribution in [0.4, 0.5) is 11.4 Å². The van der Waals surface area contributed by atoms with E-state index in [1.54, 1.807) is 36.4 Å². The first-order valence-corrected chi connectivity index (χ1v) is 12.6. The summed E-state index contributed by atoms with van der Waals surface area (Å²) in [5.41, 5.74) is 3.60. The first-order valence-electron chi connectivity index (χ1n) is 12.6. The average Bonchev–Trinajstić information content (AvgIpc) is 3.50. The van der Waals surface area contributed by atoms with Crippen molar-refractivity contribution in [1.29, 1.82) is 0 Å². The minimum Gasteiger partial charge on any atom is -0.507 e. The van der Waals surface area contributed by atoms with Gasteiger partial charge in [-0.3, -0.25) is 14.5 Å². The molecule has 3 aromatic rings. The van der Waals surface area contributed by atoms with Crippen LogP contribution in [0.5, 0.6) is 17.2 Å². The number of benzene rings is 3. The molecule has 1 unspecified atom stereocenters. The predicted molar refractivity (Wildman–Crippen MR) is 143 cm³/mol. The number of carbonyl (C=O) groups excluding carboxylic acids is 2. The number of nitrogens with zero attached hydrogens (tertiary/aromatic N) is 2. The fourth-order valence-corrected chi connectivity index (χ4v) is 5.17. The molecule has 3 aromatic carbocycles. The Labute approximate surface area is 220 Å². The summed E-state index contributed by atoms with van der Waals surface area (Å²) in [6, 6.07) is 17.4. The van der Waals surface area contributed by atoms with Crippen LogP contribution in [0.2, 0.25) is 0 Å². The molecule has 1 atom stereocenters. The highest BCUT2D eigenvalue weighted by Crippen LogP contribution is 2.45. The van der Waals surface area contributed by atoms with Gasteiger partial charge in [0.15, 0.2) is 11.5 Å². The highest BCUT2D eigenvalue weighted by atomic mass is 16.7. The van der Waals surface area contributed by atoms with Crippen molar-refractivity contribution in [3.8, 4) is 17.2 Å². The minimum absolute atomic E-state index is 0.0318. The lowest BCUT2D eigenvalue weighted by Crippen LogP contribution is -2.29. The van der Waals surface area contributed by atoms with Gasteiger partial charge in [-0.05, 0) is 47.4 Å². The highest BCUT2D eigenvalue weighted by Gasteiger charge is 2.47. The van der Waals surface area contributed by atoms with Crippen molar-refractivity contribution >= 4 is 28.8 Å². The van der Waals surface area contributed by atoms with E-state index in [0.29, 0.717) is 53.1 Å². The molecule has 0 saturated carbocycles. The third-order valence-corrected chi connectivity index (χ3v) is 7.33. The van der Waals surface area contributed by atoms with Crippen LogP contribution in [0.1, 0.15) is 42.5 Å². The number of hydrogen-bond acceptors (Lipinski definition) is 7. The standard InChI is InChI=1S/C30H28N2O6/c1-17(2)18-4-6-19(7-5-18)27-26(28(33)20-8-10-23-22(14-20)31(3)12-13-36-23)29(34)30(35)32(27)21-9-11-24-25(15-21)38-16-37-24/h4-11,14-15,17,27,33H,12-13,16H2,1-3H3/b28-26-. The van der Waals surface area contributed by atoms with Gasteiger partial charge in [-0.2, -0.15) is 0 Å². The number of aliphatic hydroxyl groups is 1. The van der Waals surface area contributed by atoms with Crippen molar-refractivity contribution in [3.63, 3.8) is 0 Å². The molecule has 1 amide bonds. The summed E-state index contributed by atoms with van der Waals surface area (Å²) in [6.07, 6.45) is 0. The van der Waals surface area contributed by atoms with Crippen LogP contribution >= 0.6 is 0 Å². The van der Waals surface area contributed by atoms with Crippen LogP contribution in [0.3, 0.4) is 0 Å². The quantitative estimate of drug-likeness (QED) is 0.299. The van der Waals surface area contributed by atoms with E-state index in [4.69, 9.17) is 14.2 Å². The molecule has 194 valence electrons. The molecule has 0 bridgehead atoms. The molecule has 8 heteroatoms. The molecular formula is C30H28N2O6.